The Labute approximate surface area is 91.8 Å². The van der Waals surface area contributed by atoms with E-state index in [1.165, 1.54) is 6.92 Å². The van der Waals surface area contributed by atoms with Gasteiger partial charge < -0.3 is 14.6 Å². The first-order valence-corrected chi connectivity index (χ1v) is 4.79. The summed E-state index contributed by atoms with van der Waals surface area (Å²) < 4.78 is 8.96. The van der Waals surface area contributed by atoms with Crippen LogP contribution in [0.5, 0.6) is 0 Å². The summed E-state index contributed by atoms with van der Waals surface area (Å²) >= 11 is 0. The molecule has 0 aromatic rings. The van der Waals surface area contributed by atoms with Crippen LogP contribution >= 0.6 is 0 Å². The average molecular weight is 228 g/mol. The quantitative estimate of drug-likeness (QED) is 0.513. The fourth-order valence-corrected chi connectivity index (χ4v) is 1.25. The van der Waals surface area contributed by atoms with Gasteiger partial charge in [0, 0.05) is 17.6 Å². The van der Waals surface area contributed by atoms with Crippen LogP contribution in [0.4, 0.5) is 0 Å². The van der Waals surface area contributed by atoms with Crippen molar-refractivity contribution in [3.8, 4) is 0 Å². The van der Waals surface area contributed by atoms with Gasteiger partial charge in [0.1, 0.15) is 6.61 Å². The van der Waals surface area contributed by atoms with Gasteiger partial charge in [0.25, 0.3) is 0 Å². The van der Waals surface area contributed by atoms with Crippen molar-refractivity contribution in [1.82, 2.24) is 0 Å². The van der Waals surface area contributed by atoms with Crippen LogP contribution in [-0.2, 0) is 23.9 Å². The van der Waals surface area contributed by atoms with Gasteiger partial charge in [0.05, 0.1) is 6.61 Å². The topological polar surface area (TPSA) is 89.9 Å². The van der Waals surface area contributed by atoms with Crippen molar-refractivity contribution < 1.29 is 29.0 Å². The first-order chi connectivity index (χ1) is 7.56. The highest BCUT2D eigenvalue weighted by atomic mass is 16.6. The third-order valence-corrected chi connectivity index (χ3v) is 2.12. The molecule has 0 radical (unpaired) electrons. The van der Waals surface area contributed by atoms with Crippen molar-refractivity contribution in [2.75, 3.05) is 13.2 Å². The van der Waals surface area contributed by atoms with E-state index in [-0.39, 0.29) is 37.2 Å². The van der Waals surface area contributed by atoms with Crippen LogP contribution in [0.2, 0.25) is 0 Å². The minimum Gasteiger partial charge on any atom is -0.463 e. The number of ether oxygens (including phenoxy) is 2. The molecule has 6 nitrogen and oxygen atoms in total. The standard InChI is InChI=1S/C10H12O6/c1-6-7(10(14)16-9(6)13)2-3-8(12)15-5-4-11/h11H,2-5H2,1H3. The Hall–Kier alpha value is -1.69. The van der Waals surface area contributed by atoms with E-state index in [1.54, 1.807) is 0 Å². The molecule has 88 valence electrons. The monoisotopic (exact) mass is 228 g/mol. The lowest BCUT2D eigenvalue weighted by Gasteiger charge is -2.02. The Morgan fingerprint density at radius 1 is 1.38 bits per heavy atom. The van der Waals surface area contributed by atoms with Crippen LogP contribution in [-0.4, -0.2) is 36.2 Å². The number of carbonyl (C=O) groups excluding carboxylic acids is 3. The second kappa shape index (κ2) is 5.41. The third kappa shape index (κ3) is 2.90. The van der Waals surface area contributed by atoms with E-state index in [2.05, 4.69) is 9.47 Å². The molecule has 0 fully saturated rings. The second-order valence-corrected chi connectivity index (χ2v) is 3.22. The Balaban J connectivity index is 2.46. The molecule has 0 unspecified atom stereocenters. The van der Waals surface area contributed by atoms with Gasteiger partial charge in [-0.05, 0) is 13.3 Å². The van der Waals surface area contributed by atoms with E-state index in [9.17, 15) is 14.4 Å². The summed E-state index contributed by atoms with van der Waals surface area (Å²) in [6.07, 6.45) is 0.0930. The maximum atomic E-state index is 11.1. The summed E-state index contributed by atoms with van der Waals surface area (Å²) in [4.78, 5) is 33.2. The third-order valence-electron chi connectivity index (χ3n) is 2.12. The van der Waals surface area contributed by atoms with E-state index in [0.29, 0.717) is 0 Å². The normalized spacial score (nSPS) is 15.4. The number of hydrogen-bond acceptors (Lipinski definition) is 6. The molecule has 1 aliphatic rings. The summed E-state index contributed by atoms with van der Waals surface area (Å²) in [5.41, 5.74) is 0.450. The van der Waals surface area contributed by atoms with Gasteiger partial charge in [-0.1, -0.05) is 0 Å². The first kappa shape index (κ1) is 12.4. The van der Waals surface area contributed by atoms with Crippen molar-refractivity contribution in [3.63, 3.8) is 0 Å². The van der Waals surface area contributed by atoms with E-state index < -0.39 is 17.9 Å². The summed E-state index contributed by atoms with van der Waals surface area (Å²) in [6.45, 7) is 1.16. The fraction of sp³-hybridized carbons (Fsp3) is 0.500. The molecule has 0 amide bonds. The summed E-state index contributed by atoms with van der Waals surface area (Å²) in [6, 6.07) is 0. The number of cyclic esters (lactones) is 2. The van der Waals surface area contributed by atoms with Gasteiger partial charge in [-0.3, -0.25) is 4.79 Å². The van der Waals surface area contributed by atoms with Crippen LogP contribution in [0.3, 0.4) is 0 Å². The second-order valence-electron chi connectivity index (χ2n) is 3.22. The van der Waals surface area contributed by atoms with Crippen LogP contribution in [0.1, 0.15) is 19.8 Å². The van der Waals surface area contributed by atoms with Crippen LogP contribution in [0.25, 0.3) is 0 Å². The average Bonchev–Trinajstić information content (AvgIpc) is 2.48. The highest BCUT2D eigenvalue weighted by Gasteiger charge is 2.29. The molecular weight excluding hydrogens is 216 g/mol. The molecule has 1 rings (SSSR count). The molecular formula is C10H12O6. The van der Waals surface area contributed by atoms with Crippen LogP contribution < -0.4 is 0 Å². The lowest BCUT2D eigenvalue weighted by atomic mass is 10.1. The minimum absolute atomic E-state index is 0.0188. The minimum atomic E-state index is -0.697. The highest BCUT2D eigenvalue weighted by Crippen LogP contribution is 2.21. The van der Waals surface area contributed by atoms with Crippen LogP contribution in [0, 0.1) is 0 Å². The zero-order valence-corrected chi connectivity index (χ0v) is 8.82. The summed E-state index contributed by atoms with van der Waals surface area (Å²) in [5, 5.41) is 8.41. The number of aliphatic hydroxyl groups excluding tert-OH is 1. The Morgan fingerprint density at radius 2 is 2.06 bits per heavy atom. The molecule has 0 bridgehead atoms. The van der Waals surface area contributed by atoms with Crippen molar-refractivity contribution in [2.45, 2.75) is 19.8 Å². The number of hydrogen-bond donors (Lipinski definition) is 1. The molecule has 16 heavy (non-hydrogen) atoms. The number of esters is 3. The van der Waals surface area contributed by atoms with Gasteiger partial charge in [-0.15, -0.1) is 0 Å². The summed E-state index contributed by atoms with van der Waals surface area (Å²) in [7, 11) is 0. The maximum Gasteiger partial charge on any atom is 0.342 e. The molecule has 0 atom stereocenters. The number of aliphatic hydroxyl groups is 1. The highest BCUT2D eigenvalue weighted by molar-refractivity contribution is 6.12. The fourth-order valence-electron chi connectivity index (χ4n) is 1.25. The molecule has 0 saturated heterocycles. The molecule has 0 aromatic carbocycles. The van der Waals surface area contributed by atoms with E-state index in [4.69, 9.17) is 5.11 Å². The number of rotatable bonds is 5. The van der Waals surface area contributed by atoms with Crippen molar-refractivity contribution >= 4 is 17.9 Å². The molecule has 1 heterocycles. The van der Waals surface area contributed by atoms with Gasteiger partial charge in [-0.2, -0.15) is 0 Å². The largest absolute Gasteiger partial charge is 0.463 e. The van der Waals surface area contributed by atoms with E-state index >= 15 is 0 Å². The number of carbonyl (C=O) groups is 3. The molecule has 6 heteroatoms. The molecule has 0 spiro atoms. The molecule has 1 N–H and O–H groups in total. The SMILES string of the molecule is CC1=C(CCC(=O)OCCO)C(=O)OC1=O. The Bertz CT molecular complexity index is 354. The predicted molar refractivity (Wildman–Crippen MR) is 51.1 cm³/mol. The van der Waals surface area contributed by atoms with E-state index in [0.717, 1.165) is 0 Å². The first-order valence-electron chi connectivity index (χ1n) is 4.79. The van der Waals surface area contributed by atoms with Crippen LogP contribution in [0.15, 0.2) is 11.1 Å². The molecule has 0 saturated carbocycles. The molecule has 1 aliphatic heterocycles. The van der Waals surface area contributed by atoms with Gasteiger partial charge in [-0.25, -0.2) is 9.59 Å². The van der Waals surface area contributed by atoms with E-state index in [1.807, 2.05) is 0 Å². The summed E-state index contributed by atoms with van der Waals surface area (Å²) in [5.74, 6) is -1.89. The van der Waals surface area contributed by atoms with Gasteiger partial charge in [0.15, 0.2) is 0 Å². The van der Waals surface area contributed by atoms with Crippen molar-refractivity contribution in [2.24, 2.45) is 0 Å². The van der Waals surface area contributed by atoms with Crippen molar-refractivity contribution in [3.05, 3.63) is 11.1 Å². The maximum absolute atomic E-state index is 11.1. The smallest absolute Gasteiger partial charge is 0.342 e. The zero-order chi connectivity index (χ0) is 12.1. The zero-order valence-electron chi connectivity index (χ0n) is 8.82. The van der Waals surface area contributed by atoms with Gasteiger partial charge >= 0.3 is 17.9 Å². The lowest BCUT2D eigenvalue weighted by Crippen LogP contribution is -2.09. The molecule has 0 aliphatic carbocycles. The van der Waals surface area contributed by atoms with Crippen molar-refractivity contribution in [1.29, 1.82) is 0 Å². The lowest BCUT2D eigenvalue weighted by molar-refractivity contribution is -0.151. The van der Waals surface area contributed by atoms with Gasteiger partial charge in [0.2, 0.25) is 0 Å². The molecule has 0 aromatic heterocycles. The predicted octanol–water partition coefficient (Wildman–Crippen LogP) is -0.298. The Kier molecular flexibility index (Phi) is 4.19. The Morgan fingerprint density at radius 3 is 2.56 bits per heavy atom.